The van der Waals surface area contributed by atoms with Crippen LogP contribution in [0.5, 0.6) is 0 Å². The summed E-state index contributed by atoms with van der Waals surface area (Å²) in [4.78, 5) is 17.8. The van der Waals surface area contributed by atoms with Crippen molar-refractivity contribution in [1.82, 2.24) is 24.5 Å². The predicted octanol–water partition coefficient (Wildman–Crippen LogP) is 3.21. The van der Waals surface area contributed by atoms with Crippen LogP contribution >= 0.6 is 0 Å². The lowest BCUT2D eigenvalue weighted by Gasteiger charge is -2.19. The third kappa shape index (κ3) is 3.06. The third-order valence-electron chi connectivity index (χ3n) is 4.97. The minimum Gasteiger partial charge on any atom is -0.299 e. The summed E-state index contributed by atoms with van der Waals surface area (Å²) in [5.41, 5.74) is 2.94. The second-order valence-corrected chi connectivity index (χ2v) is 8.21. The van der Waals surface area contributed by atoms with Crippen molar-refractivity contribution in [2.75, 3.05) is 0 Å². The number of ketones is 1. The van der Waals surface area contributed by atoms with Crippen molar-refractivity contribution in [2.24, 2.45) is 17.5 Å². The number of aryl methyl sites for hydroxylation is 2. The van der Waals surface area contributed by atoms with Gasteiger partial charge >= 0.3 is 0 Å². The van der Waals surface area contributed by atoms with Crippen LogP contribution in [0.3, 0.4) is 0 Å². The van der Waals surface area contributed by atoms with E-state index in [0.29, 0.717) is 5.82 Å². The number of carbonyl (C=O) groups is 1. The van der Waals surface area contributed by atoms with Crippen LogP contribution in [0.25, 0.3) is 5.69 Å². The molecule has 0 unspecified atom stereocenters. The number of aliphatic imine (C=N–C) groups is 1. The number of fused-ring (bicyclic) bond motifs is 3. The first kappa shape index (κ1) is 18.3. The Morgan fingerprint density at radius 2 is 1.86 bits per heavy atom. The van der Waals surface area contributed by atoms with E-state index in [0.717, 1.165) is 28.5 Å². The normalized spacial score (nSPS) is 16.2. The van der Waals surface area contributed by atoms with E-state index in [1.807, 2.05) is 75.8 Å². The lowest BCUT2D eigenvalue weighted by Crippen LogP contribution is -2.23. The molecule has 3 heterocycles. The molecule has 1 aromatic carbocycles. The van der Waals surface area contributed by atoms with Crippen molar-refractivity contribution < 1.29 is 4.79 Å². The fraction of sp³-hybridized carbons (Fsp3) is 0.381. The van der Waals surface area contributed by atoms with E-state index in [9.17, 15) is 4.79 Å². The van der Waals surface area contributed by atoms with Crippen molar-refractivity contribution >= 4 is 11.5 Å². The molecule has 1 aliphatic rings. The van der Waals surface area contributed by atoms with Gasteiger partial charge in [0.15, 0.2) is 5.82 Å². The van der Waals surface area contributed by atoms with Gasteiger partial charge in [-0.05, 0) is 6.92 Å². The van der Waals surface area contributed by atoms with Gasteiger partial charge in [-0.1, -0.05) is 51.1 Å². The van der Waals surface area contributed by atoms with Gasteiger partial charge in [-0.25, -0.2) is 0 Å². The molecular weight excluding hydrogens is 352 g/mol. The number of aromatic nitrogens is 5. The minimum atomic E-state index is -0.443. The molecule has 0 N–H and O–H groups in total. The summed E-state index contributed by atoms with van der Waals surface area (Å²) in [7, 11) is 1.89. The summed E-state index contributed by atoms with van der Waals surface area (Å²) in [5, 5.41) is 13.3. The molecule has 0 saturated carbocycles. The summed E-state index contributed by atoms with van der Waals surface area (Å²) >= 11 is 0. The Hall–Kier alpha value is -3.09. The fourth-order valence-corrected chi connectivity index (χ4v) is 3.40. The quantitative estimate of drug-likeness (QED) is 0.703. The second kappa shape index (κ2) is 6.51. The first-order chi connectivity index (χ1) is 13.3. The maximum Gasteiger partial charge on any atom is 0.163 e. The van der Waals surface area contributed by atoms with E-state index in [1.54, 1.807) is 4.68 Å². The Morgan fingerprint density at radius 1 is 1.14 bits per heavy atom. The average molecular weight is 376 g/mol. The molecule has 3 aromatic rings. The number of rotatable bonds is 3. The largest absolute Gasteiger partial charge is 0.299 e. The molecule has 0 bridgehead atoms. The Morgan fingerprint density at radius 3 is 2.54 bits per heavy atom. The van der Waals surface area contributed by atoms with Gasteiger partial charge in [0.05, 0.1) is 11.4 Å². The summed E-state index contributed by atoms with van der Waals surface area (Å²) in [5.74, 6) is 1.57. The van der Waals surface area contributed by atoms with Gasteiger partial charge in [-0.3, -0.25) is 19.0 Å². The summed E-state index contributed by atoms with van der Waals surface area (Å²) < 4.78 is 3.75. The van der Waals surface area contributed by atoms with E-state index in [-0.39, 0.29) is 12.2 Å². The SMILES string of the molecule is Cc1nnc2n1-c1cn(C)nc1C(c1ccccc1)=N[C@H]2CC(=O)C(C)(C)C. The van der Waals surface area contributed by atoms with Gasteiger partial charge < -0.3 is 0 Å². The van der Waals surface area contributed by atoms with E-state index >= 15 is 0 Å². The van der Waals surface area contributed by atoms with Crippen LogP contribution in [-0.4, -0.2) is 36.0 Å². The number of Topliss-reactive ketones (excluding diaryl/α,β-unsaturated/α-hetero) is 1. The molecule has 2 aromatic heterocycles. The molecule has 28 heavy (non-hydrogen) atoms. The van der Waals surface area contributed by atoms with Crippen molar-refractivity contribution in [3.63, 3.8) is 0 Å². The average Bonchev–Trinajstić information content (AvgIpc) is 3.17. The molecule has 0 spiro atoms. The molecule has 144 valence electrons. The fourth-order valence-electron chi connectivity index (χ4n) is 3.40. The van der Waals surface area contributed by atoms with Crippen LogP contribution < -0.4 is 0 Å². The van der Waals surface area contributed by atoms with Gasteiger partial charge in [0.1, 0.15) is 23.3 Å². The standard InChI is InChI=1S/C21H24N6O/c1-13-23-24-20-15(11-17(28)21(2,3)4)22-18(14-9-7-6-8-10-14)19-16(27(13)20)12-26(5)25-19/h6-10,12,15H,11H2,1-5H3/t15-/m0/s1. The Bertz CT molecular complexity index is 1070. The van der Waals surface area contributed by atoms with Crippen molar-refractivity contribution in [3.8, 4) is 5.69 Å². The van der Waals surface area contributed by atoms with Crippen molar-refractivity contribution in [3.05, 3.63) is 59.4 Å². The van der Waals surface area contributed by atoms with E-state index in [2.05, 4.69) is 15.3 Å². The molecule has 0 amide bonds. The van der Waals surface area contributed by atoms with E-state index in [1.165, 1.54) is 0 Å². The Balaban J connectivity index is 1.94. The molecule has 0 fully saturated rings. The van der Waals surface area contributed by atoms with Crippen molar-refractivity contribution in [1.29, 1.82) is 0 Å². The zero-order valence-corrected chi connectivity index (χ0v) is 16.8. The number of hydrogen-bond donors (Lipinski definition) is 0. The number of benzene rings is 1. The highest BCUT2D eigenvalue weighted by Gasteiger charge is 2.33. The molecule has 4 rings (SSSR count). The molecule has 0 radical (unpaired) electrons. The van der Waals surface area contributed by atoms with Crippen LogP contribution in [0.15, 0.2) is 41.5 Å². The Labute approximate surface area is 164 Å². The first-order valence-corrected chi connectivity index (χ1v) is 9.38. The third-order valence-corrected chi connectivity index (χ3v) is 4.97. The monoisotopic (exact) mass is 376 g/mol. The highest BCUT2D eigenvalue weighted by Crippen LogP contribution is 2.33. The van der Waals surface area contributed by atoms with Gasteiger partial charge in [-0.2, -0.15) is 5.10 Å². The predicted molar refractivity (Wildman–Crippen MR) is 107 cm³/mol. The van der Waals surface area contributed by atoms with E-state index in [4.69, 9.17) is 4.99 Å². The molecule has 0 aliphatic carbocycles. The molecule has 1 aliphatic heterocycles. The van der Waals surface area contributed by atoms with Crippen LogP contribution in [0.4, 0.5) is 0 Å². The van der Waals surface area contributed by atoms with E-state index < -0.39 is 11.5 Å². The summed E-state index contributed by atoms with van der Waals surface area (Å²) in [6.07, 6.45) is 2.22. The van der Waals surface area contributed by atoms with Crippen LogP contribution in [0.1, 0.15) is 56.1 Å². The highest BCUT2D eigenvalue weighted by atomic mass is 16.1. The highest BCUT2D eigenvalue weighted by molar-refractivity contribution is 6.14. The summed E-state index contributed by atoms with van der Waals surface area (Å²) in [6.45, 7) is 7.70. The van der Waals surface area contributed by atoms with Crippen LogP contribution in [0.2, 0.25) is 0 Å². The minimum absolute atomic E-state index is 0.140. The molecule has 7 heteroatoms. The smallest absolute Gasteiger partial charge is 0.163 e. The maximum atomic E-state index is 12.8. The Kier molecular flexibility index (Phi) is 4.25. The zero-order chi connectivity index (χ0) is 20.1. The second-order valence-electron chi connectivity index (χ2n) is 8.21. The number of nitrogens with zero attached hydrogens (tertiary/aromatic N) is 6. The number of carbonyl (C=O) groups excluding carboxylic acids is 1. The van der Waals surface area contributed by atoms with Crippen molar-refractivity contribution in [2.45, 2.75) is 40.2 Å². The van der Waals surface area contributed by atoms with Gasteiger partial charge in [0.25, 0.3) is 0 Å². The molecule has 0 saturated heterocycles. The molecular formula is C21H24N6O. The first-order valence-electron chi connectivity index (χ1n) is 9.38. The number of hydrogen-bond acceptors (Lipinski definition) is 5. The van der Waals surface area contributed by atoms with Crippen LogP contribution in [-0.2, 0) is 11.8 Å². The van der Waals surface area contributed by atoms with Gasteiger partial charge in [-0.15, -0.1) is 10.2 Å². The maximum absolute atomic E-state index is 12.8. The van der Waals surface area contributed by atoms with Gasteiger partial charge in [0.2, 0.25) is 0 Å². The lowest BCUT2D eigenvalue weighted by molar-refractivity contribution is -0.126. The zero-order valence-electron chi connectivity index (χ0n) is 16.8. The van der Waals surface area contributed by atoms with Gasteiger partial charge in [0, 0.05) is 30.6 Å². The lowest BCUT2D eigenvalue weighted by atomic mass is 9.87. The molecule has 1 atom stereocenters. The topological polar surface area (TPSA) is 78.0 Å². The van der Waals surface area contributed by atoms with Crippen LogP contribution in [0, 0.1) is 12.3 Å². The summed E-state index contributed by atoms with van der Waals surface area (Å²) in [6, 6.07) is 9.54. The molecule has 7 nitrogen and oxygen atoms in total.